The van der Waals surface area contributed by atoms with Crippen LogP contribution in [0.4, 0.5) is 32.0 Å². The summed E-state index contributed by atoms with van der Waals surface area (Å²) in [5, 5.41) is 3.84. The van der Waals surface area contributed by atoms with Gasteiger partial charge in [0, 0.05) is 41.9 Å². The third kappa shape index (κ3) is 7.32. The molecule has 3 aliphatic heterocycles. The van der Waals surface area contributed by atoms with Crippen molar-refractivity contribution in [2.45, 2.75) is 75.0 Å². The lowest BCUT2D eigenvalue weighted by molar-refractivity contribution is -0.143. The fourth-order valence-electron chi connectivity index (χ4n) is 8.50. The summed E-state index contributed by atoms with van der Waals surface area (Å²) < 4.78 is 89.3. The highest BCUT2D eigenvalue weighted by Gasteiger charge is 2.48. The zero-order valence-electron chi connectivity index (χ0n) is 28.4. The Bertz CT molecular complexity index is 1680. The largest absolute Gasteiger partial charge is 0.497 e. The predicted molar refractivity (Wildman–Crippen MR) is 187 cm³/mol. The quantitative estimate of drug-likeness (QED) is 0.142. The zero-order valence-corrected chi connectivity index (χ0v) is 29.2. The fourth-order valence-corrected chi connectivity index (χ4v) is 8.86. The number of hydrogen-bond donors (Lipinski definition) is 1. The van der Waals surface area contributed by atoms with E-state index in [2.05, 4.69) is 31.6 Å². The molecule has 3 aromatic rings. The molecule has 7 rings (SSSR count). The summed E-state index contributed by atoms with van der Waals surface area (Å²) in [6.07, 6.45) is -0.858. The third-order valence-electron chi connectivity index (χ3n) is 10.9. The Morgan fingerprint density at radius 2 is 1.68 bits per heavy atom. The standard InChI is InChI=1S/C37H43F6N5OS/c1-5-22-21-47-15-13-23(22)16-33(47)34(28-12-14-44-30-11-10-27(49-4)20-29(28)30)48(32-9-7-6-8-31(32)46(2)3)35(50)45-26-18-24(36(38,39)40)17-25(19-26)37(41,42)43/h5,10-12,14,17-20,22-23,31-34H,1,6-9,13,15-16,21H2,2-4H3,(H,45,50)/t22-,23-,31-,32-,33-,34-/m0/s1. The number of fused-ring (bicyclic) bond motifs is 4. The highest BCUT2D eigenvalue weighted by atomic mass is 32.1. The number of methoxy groups -OCH3 is 1. The van der Waals surface area contributed by atoms with Crippen LogP contribution in [0.25, 0.3) is 10.9 Å². The van der Waals surface area contributed by atoms with Gasteiger partial charge in [-0.3, -0.25) is 9.88 Å². The molecule has 0 radical (unpaired) electrons. The summed E-state index contributed by atoms with van der Waals surface area (Å²) in [4.78, 5) is 11.4. The third-order valence-corrected chi connectivity index (χ3v) is 11.2. The van der Waals surface area contributed by atoms with Gasteiger partial charge in [0.05, 0.1) is 29.8 Å². The second kappa shape index (κ2) is 14.3. The fraction of sp³-hybridized carbons (Fsp3) is 0.514. The molecule has 1 saturated carbocycles. The van der Waals surface area contributed by atoms with E-state index < -0.39 is 29.5 Å². The topological polar surface area (TPSA) is 43.9 Å². The number of pyridine rings is 1. The number of thiocarbonyl (C=S) groups is 1. The number of ether oxygens (including phenoxy) is 1. The normalized spacial score (nSPS) is 26.1. The molecule has 6 nitrogen and oxygen atoms in total. The molecule has 4 fully saturated rings. The van der Waals surface area contributed by atoms with E-state index in [4.69, 9.17) is 17.0 Å². The van der Waals surface area contributed by atoms with Crippen LogP contribution in [0.1, 0.15) is 61.3 Å². The summed E-state index contributed by atoms with van der Waals surface area (Å²) in [7, 11) is 5.60. The number of hydrogen-bond acceptors (Lipinski definition) is 5. The van der Waals surface area contributed by atoms with E-state index in [1.165, 1.54) is 0 Å². The maximum atomic E-state index is 13.9. The second-order valence-corrected chi connectivity index (χ2v) is 14.4. The number of benzene rings is 2. The van der Waals surface area contributed by atoms with Gasteiger partial charge in [0.2, 0.25) is 0 Å². The van der Waals surface area contributed by atoms with Gasteiger partial charge >= 0.3 is 12.4 Å². The molecule has 3 saturated heterocycles. The SMILES string of the molecule is C=C[C@H]1CN2CC[C@H]1C[C@H]2[C@H](c1ccnc2ccc(OC)cc12)N(C(=S)Nc1cc(C(F)(F)F)cc(C(F)(F)F)c1)[C@H]1CCCC[C@@H]1N(C)C. The van der Waals surface area contributed by atoms with Gasteiger partial charge in [-0.2, -0.15) is 26.3 Å². The summed E-state index contributed by atoms with van der Waals surface area (Å²) in [6.45, 7) is 5.76. The first-order valence-corrected chi connectivity index (χ1v) is 17.4. The summed E-state index contributed by atoms with van der Waals surface area (Å²) in [5.41, 5.74) is -1.50. The van der Waals surface area contributed by atoms with Crippen molar-refractivity contribution in [1.29, 1.82) is 0 Å². The van der Waals surface area contributed by atoms with Crippen molar-refractivity contribution >= 4 is 33.9 Å². The average molecular weight is 720 g/mol. The van der Waals surface area contributed by atoms with Crippen LogP contribution in [0.2, 0.25) is 0 Å². The van der Waals surface area contributed by atoms with Gasteiger partial charge in [-0.25, -0.2) is 0 Å². The molecular formula is C37H43F6N5OS. The number of rotatable bonds is 8. The van der Waals surface area contributed by atoms with Crippen molar-refractivity contribution in [1.82, 2.24) is 19.7 Å². The van der Waals surface area contributed by atoms with Gasteiger partial charge < -0.3 is 19.9 Å². The Kier molecular flexibility index (Phi) is 10.4. The van der Waals surface area contributed by atoms with Crippen LogP contribution in [0.5, 0.6) is 5.75 Å². The van der Waals surface area contributed by atoms with Gasteiger partial charge in [-0.15, -0.1) is 6.58 Å². The molecule has 2 aromatic carbocycles. The monoisotopic (exact) mass is 719 g/mol. The molecule has 1 aromatic heterocycles. The lowest BCUT2D eigenvalue weighted by atomic mass is 9.72. The first-order valence-electron chi connectivity index (χ1n) is 17.0. The van der Waals surface area contributed by atoms with Crippen LogP contribution in [0, 0.1) is 11.8 Å². The van der Waals surface area contributed by atoms with Crippen molar-refractivity contribution in [3.63, 3.8) is 0 Å². The molecule has 7 atom stereocenters. The number of likely N-dealkylation sites (N-methyl/N-ethyl adjacent to an activating group) is 1. The number of nitrogens with one attached hydrogen (secondary N) is 1. The van der Waals surface area contributed by atoms with E-state index in [-0.39, 0.29) is 35.0 Å². The molecule has 270 valence electrons. The molecule has 1 N–H and O–H groups in total. The minimum absolute atomic E-state index is 0.0255. The Hall–Kier alpha value is -3.42. The number of halogens is 6. The molecule has 0 spiro atoms. The highest BCUT2D eigenvalue weighted by Crippen LogP contribution is 2.47. The number of nitrogens with zero attached hydrogens (tertiary/aromatic N) is 4. The average Bonchev–Trinajstić information content (AvgIpc) is 3.09. The lowest BCUT2D eigenvalue weighted by Crippen LogP contribution is -2.62. The zero-order chi connectivity index (χ0) is 36.0. The van der Waals surface area contributed by atoms with Gasteiger partial charge in [0.1, 0.15) is 5.75 Å². The lowest BCUT2D eigenvalue weighted by Gasteiger charge is -2.56. The molecule has 13 heteroatoms. The van der Waals surface area contributed by atoms with Crippen LogP contribution in [-0.4, -0.2) is 77.2 Å². The van der Waals surface area contributed by atoms with E-state index >= 15 is 0 Å². The summed E-state index contributed by atoms with van der Waals surface area (Å²) in [6, 6.07) is 8.54. The van der Waals surface area contributed by atoms with Crippen molar-refractivity contribution in [3.8, 4) is 5.75 Å². The first-order chi connectivity index (χ1) is 23.7. The molecule has 1 unspecified atom stereocenters. The number of aromatic nitrogens is 1. The van der Waals surface area contributed by atoms with Crippen LogP contribution in [0.3, 0.4) is 0 Å². The van der Waals surface area contributed by atoms with Crippen molar-refractivity contribution in [3.05, 3.63) is 78.0 Å². The molecule has 2 bridgehead atoms. The minimum atomic E-state index is -4.99. The molecule has 0 amide bonds. The van der Waals surface area contributed by atoms with E-state index in [0.717, 1.165) is 68.1 Å². The minimum Gasteiger partial charge on any atom is -0.497 e. The van der Waals surface area contributed by atoms with Crippen molar-refractivity contribution in [2.24, 2.45) is 11.8 Å². The van der Waals surface area contributed by atoms with E-state index in [1.54, 1.807) is 13.3 Å². The Morgan fingerprint density at radius 3 is 2.26 bits per heavy atom. The summed E-state index contributed by atoms with van der Waals surface area (Å²) in [5.74, 6) is 1.34. The van der Waals surface area contributed by atoms with Gasteiger partial charge in [0.15, 0.2) is 5.11 Å². The molecule has 4 heterocycles. The number of anilines is 1. The number of piperidine rings is 3. The van der Waals surface area contributed by atoms with Crippen molar-refractivity contribution in [2.75, 3.05) is 39.6 Å². The Balaban J connectivity index is 1.54. The molecular weight excluding hydrogens is 676 g/mol. The predicted octanol–water partition coefficient (Wildman–Crippen LogP) is 8.79. The van der Waals surface area contributed by atoms with Crippen LogP contribution in [0.15, 0.2) is 61.3 Å². The number of alkyl halides is 6. The van der Waals surface area contributed by atoms with Gasteiger partial charge in [-0.1, -0.05) is 18.9 Å². The van der Waals surface area contributed by atoms with Crippen LogP contribution in [-0.2, 0) is 12.4 Å². The summed E-state index contributed by atoms with van der Waals surface area (Å²) >= 11 is 6.16. The first kappa shape index (κ1) is 36.4. The second-order valence-electron chi connectivity index (χ2n) is 14.0. The van der Waals surface area contributed by atoms with E-state index in [1.807, 2.05) is 44.4 Å². The van der Waals surface area contributed by atoms with E-state index in [0.29, 0.717) is 29.7 Å². The van der Waals surface area contributed by atoms with Crippen molar-refractivity contribution < 1.29 is 31.1 Å². The maximum Gasteiger partial charge on any atom is 0.416 e. The molecule has 4 aliphatic rings. The molecule has 50 heavy (non-hydrogen) atoms. The smallest absolute Gasteiger partial charge is 0.416 e. The van der Waals surface area contributed by atoms with Gasteiger partial charge in [-0.05, 0) is 118 Å². The van der Waals surface area contributed by atoms with E-state index in [9.17, 15) is 26.3 Å². The van der Waals surface area contributed by atoms with Gasteiger partial charge in [0.25, 0.3) is 0 Å². The molecule has 1 aliphatic carbocycles. The van der Waals surface area contributed by atoms with Crippen LogP contribution >= 0.6 is 12.2 Å². The Morgan fingerprint density at radius 1 is 1.00 bits per heavy atom. The highest BCUT2D eigenvalue weighted by molar-refractivity contribution is 7.80. The maximum absolute atomic E-state index is 13.9. The van der Waals surface area contributed by atoms with Crippen LogP contribution < -0.4 is 10.1 Å². The Labute approximate surface area is 294 Å².